The minimum Gasteiger partial charge on any atom is -0.117 e. The Bertz CT molecular complexity index is 388. The van der Waals surface area contributed by atoms with E-state index in [1.807, 2.05) is 0 Å². The van der Waals surface area contributed by atoms with E-state index in [9.17, 15) is 0 Å². The van der Waals surface area contributed by atoms with Gasteiger partial charge >= 0.3 is 0 Å². The SMILES string of the molecule is Cc1cc[c]([Al][c]2ccc(C)cc2)cc1.I. The zero-order valence-corrected chi connectivity index (χ0v) is 13.1. The summed E-state index contributed by atoms with van der Waals surface area (Å²) in [6.07, 6.45) is 0. The second kappa shape index (κ2) is 6.44. The lowest BCUT2D eigenvalue weighted by Crippen LogP contribution is -2.26. The Morgan fingerprint density at radius 2 is 0.938 bits per heavy atom. The summed E-state index contributed by atoms with van der Waals surface area (Å²) in [5, 5.41) is 0. The maximum atomic E-state index is 2.24. The van der Waals surface area contributed by atoms with Crippen molar-refractivity contribution in [1.82, 2.24) is 0 Å². The van der Waals surface area contributed by atoms with Crippen LogP contribution < -0.4 is 8.85 Å². The van der Waals surface area contributed by atoms with Crippen molar-refractivity contribution in [3.05, 3.63) is 59.7 Å². The molecule has 0 aliphatic carbocycles. The van der Waals surface area contributed by atoms with E-state index in [0.717, 1.165) is 0 Å². The Morgan fingerprint density at radius 1 is 0.625 bits per heavy atom. The molecule has 0 spiro atoms. The normalized spacial score (nSPS) is 9.38. The molecule has 16 heavy (non-hydrogen) atoms. The van der Waals surface area contributed by atoms with Crippen LogP contribution in [0.4, 0.5) is 0 Å². The van der Waals surface area contributed by atoms with E-state index < -0.39 is 0 Å². The maximum Gasteiger partial charge on any atom is 0.298 e. The van der Waals surface area contributed by atoms with Crippen LogP contribution >= 0.6 is 24.0 Å². The molecular formula is C14H15AlI. The van der Waals surface area contributed by atoms with E-state index in [2.05, 4.69) is 62.4 Å². The molecule has 2 heteroatoms. The summed E-state index contributed by atoms with van der Waals surface area (Å²) in [7, 11) is 0. The molecule has 0 aliphatic rings. The Morgan fingerprint density at radius 3 is 1.25 bits per heavy atom. The Labute approximate surface area is 121 Å². The molecule has 0 amide bonds. The van der Waals surface area contributed by atoms with Gasteiger partial charge in [-0.25, -0.2) is 0 Å². The molecule has 81 valence electrons. The average molecular weight is 337 g/mol. The fourth-order valence-electron chi connectivity index (χ4n) is 1.52. The number of hydrogen-bond donors (Lipinski definition) is 0. The fourth-order valence-corrected chi connectivity index (χ4v) is 2.67. The summed E-state index contributed by atoms with van der Waals surface area (Å²) in [5.74, 6) is 0. The Kier molecular flexibility index (Phi) is 5.54. The van der Waals surface area contributed by atoms with Crippen molar-refractivity contribution in [2.75, 3.05) is 0 Å². The van der Waals surface area contributed by atoms with Gasteiger partial charge in [0.2, 0.25) is 0 Å². The summed E-state index contributed by atoms with van der Waals surface area (Å²) in [4.78, 5) is 0. The van der Waals surface area contributed by atoms with E-state index in [4.69, 9.17) is 0 Å². The largest absolute Gasteiger partial charge is 0.298 e. The van der Waals surface area contributed by atoms with Gasteiger partial charge in [0, 0.05) is 0 Å². The minimum absolute atomic E-state index is 0. The lowest BCUT2D eigenvalue weighted by molar-refractivity contribution is 1.48. The van der Waals surface area contributed by atoms with Crippen LogP contribution in [0.3, 0.4) is 0 Å². The second-order valence-corrected chi connectivity index (χ2v) is 5.59. The zero-order chi connectivity index (χ0) is 10.7. The molecule has 0 atom stereocenters. The molecule has 2 aromatic rings. The predicted octanol–water partition coefficient (Wildman–Crippen LogP) is 2.58. The number of rotatable bonds is 2. The van der Waals surface area contributed by atoms with Crippen molar-refractivity contribution < 1.29 is 0 Å². The highest BCUT2D eigenvalue weighted by molar-refractivity contribution is 14.0. The topological polar surface area (TPSA) is 0 Å². The van der Waals surface area contributed by atoms with Crippen LogP contribution in [0, 0.1) is 13.8 Å². The van der Waals surface area contributed by atoms with E-state index in [-0.39, 0.29) is 39.2 Å². The molecule has 1 radical (unpaired) electrons. The van der Waals surface area contributed by atoms with Gasteiger partial charge < -0.3 is 0 Å². The first-order chi connectivity index (χ1) is 7.24. The molecule has 0 aromatic heterocycles. The molecule has 0 unspecified atom stereocenters. The molecule has 0 saturated heterocycles. The van der Waals surface area contributed by atoms with Gasteiger partial charge in [-0.15, -0.1) is 32.8 Å². The summed E-state index contributed by atoms with van der Waals surface area (Å²) in [6.45, 7) is 4.26. The summed E-state index contributed by atoms with van der Waals surface area (Å²) < 4.78 is 2.92. The summed E-state index contributed by atoms with van der Waals surface area (Å²) in [6, 6.07) is 17.7. The standard InChI is InChI=1S/2C7H7.Al.HI/c2*1-7-5-3-2-4-6-7;;/h2*3-6H,1H3;;1H. The minimum atomic E-state index is 0. The van der Waals surface area contributed by atoms with Gasteiger partial charge in [-0.2, -0.15) is 0 Å². The number of hydrogen-bond acceptors (Lipinski definition) is 0. The third kappa shape index (κ3) is 3.94. The Balaban J connectivity index is 0.00000128. The highest BCUT2D eigenvalue weighted by Crippen LogP contribution is 1.94. The van der Waals surface area contributed by atoms with Crippen molar-refractivity contribution in [2.24, 2.45) is 0 Å². The number of halogens is 1. The van der Waals surface area contributed by atoms with E-state index >= 15 is 0 Å². The van der Waals surface area contributed by atoms with Crippen molar-refractivity contribution in [3.63, 3.8) is 0 Å². The van der Waals surface area contributed by atoms with Crippen LogP contribution in [0.2, 0.25) is 0 Å². The van der Waals surface area contributed by atoms with Gasteiger partial charge in [-0.1, -0.05) is 59.7 Å². The lowest BCUT2D eigenvalue weighted by Gasteiger charge is -2.01. The summed E-state index contributed by atoms with van der Waals surface area (Å²) >= 11 is 0.252. The van der Waals surface area contributed by atoms with Crippen molar-refractivity contribution in [3.8, 4) is 0 Å². The van der Waals surface area contributed by atoms with Crippen molar-refractivity contribution in [1.29, 1.82) is 0 Å². The molecule has 0 saturated carbocycles. The zero-order valence-electron chi connectivity index (χ0n) is 9.60. The molecular weight excluding hydrogens is 322 g/mol. The Hall–Kier alpha value is -0.298. The van der Waals surface area contributed by atoms with Gasteiger partial charge in [-0.05, 0) is 13.8 Å². The van der Waals surface area contributed by atoms with Gasteiger partial charge in [0.25, 0.3) is 15.2 Å². The first kappa shape index (κ1) is 13.8. The molecule has 2 aromatic carbocycles. The van der Waals surface area contributed by atoms with Gasteiger partial charge in [0.1, 0.15) is 0 Å². The van der Waals surface area contributed by atoms with E-state index in [0.29, 0.717) is 0 Å². The molecule has 0 aliphatic heterocycles. The van der Waals surface area contributed by atoms with Gasteiger partial charge in [0.15, 0.2) is 0 Å². The number of aryl methyl sites for hydroxylation is 2. The lowest BCUT2D eigenvalue weighted by atomic mass is 10.2. The van der Waals surface area contributed by atoms with Crippen LogP contribution in [0.1, 0.15) is 11.1 Å². The van der Waals surface area contributed by atoms with Crippen molar-refractivity contribution in [2.45, 2.75) is 13.8 Å². The third-order valence-corrected chi connectivity index (χ3v) is 3.92. The van der Waals surface area contributed by atoms with Crippen molar-refractivity contribution >= 4 is 48.0 Å². The molecule has 0 nitrogen and oxygen atoms in total. The van der Waals surface area contributed by atoms with Crippen LogP contribution in [0.25, 0.3) is 0 Å². The molecule has 0 heterocycles. The monoisotopic (exact) mass is 337 g/mol. The first-order valence-electron chi connectivity index (χ1n) is 5.22. The quantitative estimate of drug-likeness (QED) is 0.584. The predicted molar refractivity (Wildman–Crippen MR) is 82.8 cm³/mol. The van der Waals surface area contributed by atoms with Crippen LogP contribution in [-0.2, 0) is 0 Å². The summed E-state index contributed by atoms with van der Waals surface area (Å²) in [5.41, 5.74) is 2.67. The highest BCUT2D eigenvalue weighted by atomic mass is 127. The smallest absolute Gasteiger partial charge is 0.117 e. The molecule has 0 N–H and O–H groups in total. The van der Waals surface area contributed by atoms with Gasteiger partial charge in [0.05, 0.1) is 0 Å². The van der Waals surface area contributed by atoms with Crippen LogP contribution in [-0.4, -0.2) is 15.2 Å². The molecule has 0 bridgehead atoms. The average Bonchev–Trinajstić information content (AvgIpc) is 2.25. The first-order valence-corrected chi connectivity index (χ1v) is 6.37. The van der Waals surface area contributed by atoms with E-state index in [1.165, 1.54) is 20.0 Å². The molecule has 0 fully saturated rings. The second-order valence-electron chi connectivity index (χ2n) is 3.97. The van der Waals surface area contributed by atoms with Gasteiger partial charge in [-0.3, -0.25) is 0 Å². The highest BCUT2D eigenvalue weighted by Gasteiger charge is 1.98. The van der Waals surface area contributed by atoms with E-state index in [1.54, 1.807) is 0 Å². The van der Waals surface area contributed by atoms with Crippen LogP contribution in [0.5, 0.6) is 0 Å². The van der Waals surface area contributed by atoms with Crippen LogP contribution in [0.15, 0.2) is 48.5 Å². The molecule has 2 rings (SSSR count). The maximum absolute atomic E-state index is 2.24. The fraction of sp³-hybridized carbons (Fsp3) is 0.143. The third-order valence-electron chi connectivity index (χ3n) is 2.49. The number of benzene rings is 2.